The van der Waals surface area contributed by atoms with Crippen molar-refractivity contribution < 1.29 is 22.7 Å². The molecule has 9 heteroatoms. The van der Waals surface area contributed by atoms with Crippen molar-refractivity contribution in [2.24, 2.45) is 16.7 Å². The Hall–Kier alpha value is -2.86. The summed E-state index contributed by atoms with van der Waals surface area (Å²) in [4.78, 5) is 20.7. The lowest BCUT2D eigenvalue weighted by Gasteiger charge is -2.28. The summed E-state index contributed by atoms with van der Waals surface area (Å²) in [5, 5.41) is 10.0. The summed E-state index contributed by atoms with van der Waals surface area (Å²) in [6.45, 7) is 1.29. The van der Waals surface area contributed by atoms with Gasteiger partial charge in [0.1, 0.15) is 6.07 Å². The van der Waals surface area contributed by atoms with Crippen LogP contribution in [-0.4, -0.2) is 61.9 Å². The normalized spacial score (nSPS) is 27.9. The number of likely N-dealkylation sites (tertiary alicyclic amines) is 1. The molecule has 1 aromatic carbocycles. The molecular weight excluding hydrogens is 433 g/mol. The van der Waals surface area contributed by atoms with Gasteiger partial charge in [0.2, 0.25) is 0 Å². The van der Waals surface area contributed by atoms with Gasteiger partial charge in [-0.1, -0.05) is 0 Å². The van der Waals surface area contributed by atoms with E-state index >= 15 is 0 Å². The van der Waals surface area contributed by atoms with E-state index in [1.165, 1.54) is 0 Å². The van der Waals surface area contributed by atoms with Crippen LogP contribution in [0, 0.1) is 28.1 Å². The number of nitrogens with zero attached hydrogens (tertiary/aromatic N) is 4. The van der Waals surface area contributed by atoms with E-state index in [-0.39, 0.29) is 38.0 Å². The van der Waals surface area contributed by atoms with Crippen LogP contribution in [0.25, 0.3) is 10.9 Å². The number of carbonyl (C=O) groups is 1. The summed E-state index contributed by atoms with van der Waals surface area (Å²) in [5.41, 5.74) is -1.56. The van der Waals surface area contributed by atoms with Crippen LogP contribution in [0.1, 0.15) is 24.8 Å². The highest BCUT2D eigenvalue weighted by Gasteiger charge is 2.83. The Kier molecular flexibility index (Phi) is 5.05. The predicted molar refractivity (Wildman–Crippen MR) is 115 cm³/mol. The number of piperidine rings is 2. The minimum atomic E-state index is -4.40. The maximum absolute atomic E-state index is 14.2. The lowest BCUT2D eigenvalue weighted by atomic mass is 9.95. The van der Waals surface area contributed by atoms with E-state index in [0.29, 0.717) is 35.0 Å². The molecule has 1 saturated carbocycles. The molecule has 2 saturated heterocycles. The smallest absolute Gasteiger partial charge is 0.396 e. The van der Waals surface area contributed by atoms with Crippen molar-refractivity contribution in [2.75, 3.05) is 44.7 Å². The number of pyridine rings is 1. The fourth-order valence-corrected chi connectivity index (χ4v) is 5.70. The zero-order chi connectivity index (χ0) is 23.4. The topological polar surface area (TPSA) is 69.5 Å². The van der Waals surface area contributed by atoms with Crippen molar-refractivity contribution in [1.29, 1.82) is 5.26 Å². The molecule has 0 radical (unpaired) electrons. The quantitative estimate of drug-likeness (QED) is 0.650. The van der Waals surface area contributed by atoms with Gasteiger partial charge >= 0.3 is 12.1 Å². The number of carbonyl (C=O) groups excluding carboxylic acids is 1. The van der Waals surface area contributed by atoms with Crippen LogP contribution in [0.15, 0.2) is 30.5 Å². The van der Waals surface area contributed by atoms with Crippen LogP contribution in [-0.2, 0) is 9.53 Å². The lowest BCUT2D eigenvalue weighted by Crippen LogP contribution is -2.36. The van der Waals surface area contributed by atoms with Gasteiger partial charge in [0.15, 0.2) is 0 Å². The fraction of sp³-hybridized carbons (Fsp3) is 0.542. The number of nitriles is 1. The molecule has 2 aliphatic heterocycles. The average Bonchev–Trinajstić information content (AvgIpc) is 3.33. The van der Waals surface area contributed by atoms with Crippen LogP contribution in [0.5, 0.6) is 0 Å². The molecule has 174 valence electrons. The standard InChI is InChI=1S/C24H25F3N4O2/c1-30-9-6-16(7-10-30)21(32)33-15-22-12-23(22,24(25,26)27)14-31(13-22)19-5-4-17(11-28)20-18(19)3-2-8-29-20/h2-5,8,16H,6-7,9-10,12-15H2,1H3. The third kappa shape index (κ3) is 3.43. The van der Waals surface area contributed by atoms with Crippen molar-refractivity contribution in [3.05, 3.63) is 36.0 Å². The first kappa shape index (κ1) is 22.0. The molecule has 6 nitrogen and oxygen atoms in total. The Morgan fingerprint density at radius 1 is 1.27 bits per heavy atom. The van der Waals surface area contributed by atoms with Crippen LogP contribution >= 0.6 is 0 Å². The Balaban J connectivity index is 1.39. The van der Waals surface area contributed by atoms with Crippen LogP contribution in [0.4, 0.5) is 18.9 Å². The van der Waals surface area contributed by atoms with Gasteiger partial charge in [-0.15, -0.1) is 0 Å². The highest BCUT2D eigenvalue weighted by Crippen LogP contribution is 2.75. The van der Waals surface area contributed by atoms with Crippen LogP contribution in [0.2, 0.25) is 0 Å². The number of ether oxygens (including phenoxy) is 1. The van der Waals surface area contributed by atoms with Crippen LogP contribution < -0.4 is 4.90 Å². The van der Waals surface area contributed by atoms with Crippen molar-refractivity contribution >= 4 is 22.6 Å². The zero-order valence-electron chi connectivity index (χ0n) is 18.4. The largest absolute Gasteiger partial charge is 0.465 e. The number of alkyl halides is 3. The maximum atomic E-state index is 14.2. The van der Waals surface area contributed by atoms with E-state index in [2.05, 4.69) is 16.0 Å². The van der Waals surface area contributed by atoms with Crippen molar-refractivity contribution in [3.8, 4) is 6.07 Å². The molecule has 1 aromatic heterocycles. The monoisotopic (exact) mass is 458 g/mol. The molecule has 5 rings (SSSR count). The summed E-state index contributed by atoms with van der Waals surface area (Å²) in [7, 11) is 1.98. The first-order chi connectivity index (χ1) is 15.7. The zero-order valence-corrected chi connectivity index (χ0v) is 18.4. The molecule has 33 heavy (non-hydrogen) atoms. The van der Waals surface area contributed by atoms with Gasteiger partial charge in [-0.05, 0) is 63.7 Å². The molecule has 0 N–H and O–H groups in total. The molecule has 2 atom stereocenters. The highest BCUT2D eigenvalue weighted by atomic mass is 19.4. The second-order valence-corrected chi connectivity index (χ2v) is 9.72. The minimum Gasteiger partial charge on any atom is -0.465 e. The average molecular weight is 458 g/mol. The Bertz CT molecular complexity index is 1140. The number of fused-ring (bicyclic) bond motifs is 2. The minimum absolute atomic E-state index is 0.0346. The number of anilines is 1. The number of esters is 1. The number of rotatable bonds is 4. The molecule has 2 unspecified atom stereocenters. The van der Waals surface area contributed by atoms with E-state index in [1.54, 1.807) is 35.4 Å². The number of hydrogen-bond donors (Lipinski definition) is 0. The Morgan fingerprint density at radius 3 is 2.73 bits per heavy atom. The third-order valence-corrected chi connectivity index (χ3v) is 7.78. The summed E-state index contributed by atoms with van der Waals surface area (Å²) < 4.78 is 48.3. The molecule has 3 heterocycles. The van der Waals surface area contributed by atoms with Gasteiger partial charge in [0, 0.05) is 35.8 Å². The molecule has 3 fully saturated rings. The third-order valence-electron chi connectivity index (χ3n) is 7.78. The van der Waals surface area contributed by atoms with E-state index in [1.807, 2.05) is 7.05 Å². The van der Waals surface area contributed by atoms with E-state index < -0.39 is 17.0 Å². The predicted octanol–water partition coefficient (Wildman–Crippen LogP) is 3.75. The SMILES string of the molecule is CN1CCC(C(=O)OCC23CN(c4ccc(C#N)c5ncccc45)CC2(C(F)(F)F)C3)CC1. The Labute approximate surface area is 189 Å². The summed E-state index contributed by atoms with van der Waals surface area (Å²) in [6, 6.07) is 8.86. The lowest BCUT2D eigenvalue weighted by molar-refractivity contribution is -0.194. The number of hydrogen-bond acceptors (Lipinski definition) is 6. The van der Waals surface area contributed by atoms with Crippen molar-refractivity contribution in [2.45, 2.75) is 25.4 Å². The van der Waals surface area contributed by atoms with E-state index in [9.17, 15) is 23.2 Å². The second-order valence-electron chi connectivity index (χ2n) is 9.72. The number of halogens is 3. The van der Waals surface area contributed by atoms with Gasteiger partial charge in [0.25, 0.3) is 0 Å². The van der Waals surface area contributed by atoms with Crippen LogP contribution in [0.3, 0.4) is 0 Å². The Morgan fingerprint density at radius 2 is 2.03 bits per heavy atom. The summed E-state index contributed by atoms with van der Waals surface area (Å²) >= 11 is 0. The van der Waals surface area contributed by atoms with Crippen molar-refractivity contribution in [3.63, 3.8) is 0 Å². The first-order valence-electron chi connectivity index (χ1n) is 11.1. The van der Waals surface area contributed by atoms with E-state index in [0.717, 1.165) is 13.1 Å². The molecule has 3 aliphatic rings. The van der Waals surface area contributed by atoms with Gasteiger partial charge in [-0.2, -0.15) is 18.4 Å². The summed E-state index contributed by atoms with van der Waals surface area (Å²) in [5.74, 6) is -0.630. The second kappa shape index (κ2) is 7.59. The molecule has 1 aliphatic carbocycles. The van der Waals surface area contributed by atoms with Gasteiger partial charge in [-0.25, -0.2) is 0 Å². The van der Waals surface area contributed by atoms with Gasteiger partial charge in [0.05, 0.1) is 29.0 Å². The number of benzene rings is 1. The van der Waals surface area contributed by atoms with E-state index in [4.69, 9.17) is 4.74 Å². The molecule has 0 spiro atoms. The van der Waals surface area contributed by atoms with Gasteiger partial charge in [-0.3, -0.25) is 9.78 Å². The molecule has 0 amide bonds. The summed E-state index contributed by atoms with van der Waals surface area (Å²) in [6.07, 6.45) is -1.53. The first-order valence-corrected chi connectivity index (χ1v) is 11.1. The van der Waals surface area contributed by atoms with Crippen molar-refractivity contribution in [1.82, 2.24) is 9.88 Å². The molecular formula is C24H25F3N4O2. The maximum Gasteiger partial charge on any atom is 0.396 e. The van der Waals surface area contributed by atoms with Gasteiger partial charge < -0.3 is 14.5 Å². The number of aromatic nitrogens is 1. The molecule has 2 aromatic rings. The highest BCUT2D eigenvalue weighted by molar-refractivity contribution is 5.95. The molecule has 0 bridgehead atoms. The fourth-order valence-electron chi connectivity index (χ4n) is 5.70.